The molecule has 0 spiro atoms. The molecule has 0 fully saturated rings. The summed E-state index contributed by atoms with van der Waals surface area (Å²) in [5.74, 6) is -0.356. The molecule has 0 radical (unpaired) electrons. The minimum atomic E-state index is -4.73. The number of para-hydroxylation sites is 2. The summed E-state index contributed by atoms with van der Waals surface area (Å²) in [5.41, 5.74) is -1.85. The van der Waals surface area contributed by atoms with E-state index in [0.29, 0.717) is 0 Å². The number of alkyl halides is 3. The minimum absolute atomic E-state index is 0.0822. The van der Waals surface area contributed by atoms with E-state index in [2.05, 4.69) is 15.3 Å². The highest BCUT2D eigenvalue weighted by Crippen LogP contribution is 2.34. The van der Waals surface area contributed by atoms with Gasteiger partial charge in [-0.1, -0.05) is 24.3 Å². The van der Waals surface area contributed by atoms with Gasteiger partial charge in [-0.05, 0) is 44.5 Å². The topological polar surface area (TPSA) is 97.2 Å². The van der Waals surface area contributed by atoms with Crippen molar-refractivity contribution < 1.29 is 27.1 Å². The highest BCUT2D eigenvalue weighted by molar-refractivity contribution is 5.83. The molecule has 4 rings (SSSR count). The van der Waals surface area contributed by atoms with E-state index in [-0.39, 0.29) is 17.7 Å². The minimum Gasteiger partial charge on any atom is -0.444 e. The SMILES string of the molecule is CC(C)(C)OC(=O)NC(Cc1c[nH]c2ccccc12)c1nc2c(C(F)(F)F)cccc2c(=O)o1. The third-order valence-corrected chi connectivity index (χ3v) is 5.07. The summed E-state index contributed by atoms with van der Waals surface area (Å²) in [7, 11) is 0. The maximum Gasteiger partial charge on any atom is 0.418 e. The Labute approximate surface area is 191 Å². The van der Waals surface area contributed by atoms with Crippen LogP contribution in [0.3, 0.4) is 0 Å². The lowest BCUT2D eigenvalue weighted by Crippen LogP contribution is -2.36. The largest absolute Gasteiger partial charge is 0.444 e. The number of carbonyl (C=O) groups is 1. The number of nitrogens with zero attached hydrogens (tertiary/aromatic N) is 1. The predicted octanol–water partition coefficient (Wildman–Crippen LogP) is 5.50. The van der Waals surface area contributed by atoms with Crippen LogP contribution in [0.1, 0.15) is 43.8 Å². The number of halogens is 3. The van der Waals surface area contributed by atoms with Gasteiger partial charge in [-0.3, -0.25) is 0 Å². The first-order valence-corrected chi connectivity index (χ1v) is 10.5. The molecule has 0 aliphatic carbocycles. The number of amides is 1. The maximum absolute atomic E-state index is 13.6. The van der Waals surface area contributed by atoms with Crippen molar-refractivity contribution in [1.29, 1.82) is 0 Å². The van der Waals surface area contributed by atoms with Crippen molar-refractivity contribution in [1.82, 2.24) is 15.3 Å². The molecule has 0 bridgehead atoms. The van der Waals surface area contributed by atoms with Crippen molar-refractivity contribution in [3.63, 3.8) is 0 Å². The second kappa shape index (κ2) is 8.51. The molecule has 2 heterocycles. The van der Waals surface area contributed by atoms with E-state index in [9.17, 15) is 22.8 Å². The molecule has 7 nitrogen and oxygen atoms in total. The molecular weight excluding hydrogens is 451 g/mol. The van der Waals surface area contributed by atoms with Gasteiger partial charge in [0.15, 0.2) is 0 Å². The molecule has 2 N–H and O–H groups in total. The molecule has 0 saturated carbocycles. The van der Waals surface area contributed by atoms with Crippen LogP contribution in [0.2, 0.25) is 0 Å². The lowest BCUT2D eigenvalue weighted by molar-refractivity contribution is -0.136. The van der Waals surface area contributed by atoms with Gasteiger partial charge in [0.25, 0.3) is 0 Å². The number of hydrogen-bond donors (Lipinski definition) is 2. The van der Waals surface area contributed by atoms with Crippen LogP contribution in [0.4, 0.5) is 18.0 Å². The van der Waals surface area contributed by atoms with E-state index in [1.807, 2.05) is 24.3 Å². The fraction of sp³-hybridized carbons (Fsp3) is 0.292. The second-order valence-corrected chi connectivity index (χ2v) is 8.80. The average Bonchev–Trinajstić information content (AvgIpc) is 3.14. The maximum atomic E-state index is 13.6. The van der Waals surface area contributed by atoms with E-state index >= 15 is 0 Å². The van der Waals surface area contributed by atoms with Gasteiger partial charge in [-0.15, -0.1) is 0 Å². The fourth-order valence-corrected chi connectivity index (χ4v) is 3.66. The van der Waals surface area contributed by atoms with Crippen molar-refractivity contribution in [2.75, 3.05) is 0 Å². The van der Waals surface area contributed by atoms with Crippen molar-refractivity contribution in [2.24, 2.45) is 0 Å². The Balaban J connectivity index is 1.82. The van der Waals surface area contributed by atoms with Crippen molar-refractivity contribution >= 4 is 27.9 Å². The summed E-state index contributed by atoms with van der Waals surface area (Å²) in [5, 5.41) is 3.13. The quantitative estimate of drug-likeness (QED) is 0.408. The molecule has 2 aromatic carbocycles. The summed E-state index contributed by atoms with van der Waals surface area (Å²) in [6.07, 6.45) is -3.76. The highest BCUT2D eigenvalue weighted by Gasteiger charge is 2.34. The number of nitrogens with one attached hydrogen (secondary N) is 2. The number of carbonyl (C=O) groups excluding carboxylic acids is 1. The zero-order valence-corrected chi connectivity index (χ0v) is 18.6. The molecule has 0 saturated heterocycles. The van der Waals surface area contributed by atoms with Crippen LogP contribution in [0.15, 0.2) is 57.9 Å². The Kier molecular flexibility index (Phi) is 5.84. The average molecular weight is 473 g/mol. The van der Waals surface area contributed by atoms with Crippen molar-refractivity contribution in [3.8, 4) is 0 Å². The van der Waals surface area contributed by atoms with Crippen molar-refractivity contribution in [2.45, 2.75) is 45.0 Å². The van der Waals surface area contributed by atoms with Gasteiger partial charge in [0.1, 0.15) is 11.6 Å². The summed E-state index contributed by atoms with van der Waals surface area (Å²) < 4.78 is 51.4. The van der Waals surface area contributed by atoms with Gasteiger partial charge in [-0.25, -0.2) is 14.6 Å². The third-order valence-electron chi connectivity index (χ3n) is 5.07. The van der Waals surface area contributed by atoms with Crippen LogP contribution in [-0.2, 0) is 17.3 Å². The van der Waals surface area contributed by atoms with E-state index in [4.69, 9.17) is 9.15 Å². The number of fused-ring (bicyclic) bond motifs is 2. The van der Waals surface area contributed by atoms with Crippen LogP contribution < -0.4 is 10.9 Å². The zero-order valence-electron chi connectivity index (χ0n) is 18.6. The molecule has 2 aromatic heterocycles. The first-order valence-electron chi connectivity index (χ1n) is 10.5. The Hall–Kier alpha value is -3.82. The zero-order chi connectivity index (χ0) is 24.7. The highest BCUT2D eigenvalue weighted by atomic mass is 19.4. The summed E-state index contributed by atoms with van der Waals surface area (Å²) >= 11 is 0. The molecule has 1 unspecified atom stereocenters. The molecule has 1 amide bonds. The standard InChI is InChI=1S/C24H22F3N3O4/c1-23(2,3)34-22(32)29-18(11-13-12-28-17-10-5-4-7-14(13)17)20-30-19-15(21(31)33-20)8-6-9-16(19)24(25,26)27/h4-10,12,18,28H,11H2,1-3H3,(H,29,32). The lowest BCUT2D eigenvalue weighted by atomic mass is 10.0. The molecule has 0 aliphatic rings. The van der Waals surface area contributed by atoms with Crippen molar-refractivity contribution in [3.05, 3.63) is 76.1 Å². The van der Waals surface area contributed by atoms with Gasteiger partial charge in [-0.2, -0.15) is 13.2 Å². The van der Waals surface area contributed by atoms with Gasteiger partial charge in [0, 0.05) is 23.5 Å². The van der Waals surface area contributed by atoms with E-state index in [1.54, 1.807) is 27.0 Å². The van der Waals surface area contributed by atoms with E-state index in [0.717, 1.165) is 28.6 Å². The molecule has 178 valence electrons. The Bertz CT molecular complexity index is 1420. The molecular formula is C24H22F3N3O4. The second-order valence-electron chi connectivity index (χ2n) is 8.80. The summed E-state index contributed by atoms with van der Waals surface area (Å²) in [6.45, 7) is 5.02. The first-order chi connectivity index (χ1) is 15.9. The van der Waals surface area contributed by atoms with Crippen LogP contribution in [0.5, 0.6) is 0 Å². The smallest absolute Gasteiger partial charge is 0.418 e. The number of ether oxygens (including phenoxy) is 1. The number of alkyl carbamates (subject to hydrolysis) is 1. The molecule has 1 atom stereocenters. The lowest BCUT2D eigenvalue weighted by Gasteiger charge is -2.23. The Morgan fingerprint density at radius 2 is 1.82 bits per heavy atom. The normalized spacial score (nSPS) is 13.2. The number of H-pyrrole nitrogens is 1. The Morgan fingerprint density at radius 1 is 1.12 bits per heavy atom. The number of rotatable bonds is 4. The number of hydrogen-bond acceptors (Lipinski definition) is 5. The van der Waals surface area contributed by atoms with E-state index in [1.165, 1.54) is 6.07 Å². The number of benzene rings is 2. The number of aromatic amines is 1. The summed E-state index contributed by atoms with van der Waals surface area (Å²) in [6, 6.07) is 9.49. The number of aromatic nitrogens is 2. The molecule has 0 aliphatic heterocycles. The Morgan fingerprint density at radius 3 is 2.53 bits per heavy atom. The van der Waals surface area contributed by atoms with E-state index < -0.39 is 40.6 Å². The van der Waals surface area contributed by atoms with Crippen LogP contribution in [0.25, 0.3) is 21.8 Å². The third kappa shape index (κ3) is 4.90. The molecule has 10 heteroatoms. The van der Waals surface area contributed by atoms with Crippen LogP contribution in [-0.4, -0.2) is 21.7 Å². The van der Waals surface area contributed by atoms with Gasteiger partial charge in [0.2, 0.25) is 5.89 Å². The van der Waals surface area contributed by atoms with Crippen LogP contribution >= 0.6 is 0 Å². The first kappa shape index (κ1) is 23.3. The molecule has 4 aromatic rings. The predicted molar refractivity (Wildman–Crippen MR) is 119 cm³/mol. The van der Waals surface area contributed by atoms with Crippen LogP contribution in [0, 0.1) is 0 Å². The summed E-state index contributed by atoms with van der Waals surface area (Å²) in [4.78, 5) is 32.3. The monoisotopic (exact) mass is 473 g/mol. The van der Waals surface area contributed by atoms with Gasteiger partial charge < -0.3 is 19.5 Å². The van der Waals surface area contributed by atoms with Gasteiger partial charge in [0.05, 0.1) is 16.5 Å². The fourth-order valence-electron chi connectivity index (χ4n) is 3.66. The molecule has 34 heavy (non-hydrogen) atoms. The van der Waals surface area contributed by atoms with Gasteiger partial charge >= 0.3 is 17.9 Å².